The highest BCUT2D eigenvalue weighted by molar-refractivity contribution is 14.1. The molecular weight excluding hydrogens is 613 g/mol. The molecular formula is C29H22IN3O6. The first-order chi connectivity index (χ1) is 18.8. The van der Waals surface area contributed by atoms with Crippen molar-refractivity contribution >= 4 is 56.7 Å². The highest BCUT2D eigenvalue weighted by atomic mass is 127. The fourth-order valence-electron chi connectivity index (χ4n) is 3.93. The van der Waals surface area contributed by atoms with Crippen molar-refractivity contribution in [3.05, 3.63) is 103 Å². The molecule has 0 saturated carbocycles. The van der Waals surface area contributed by atoms with Crippen LogP contribution in [0.1, 0.15) is 11.1 Å². The second-order valence-electron chi connectivity index (χ2n) is 8.23. The van der Waals surface area contributed by atoms with Crippen molar-refractivity contribution in [3.8, 4) is 23.3 Å². The number of carbonyl (C=O) groups is 1. The van der Waals surface area contributed by atoms with E-state index < -0.39 is 10.8 Å². The number of halogens is 1. The Morgan fingerprint density at radius 1 is 1.08 bits per heavy atom. The number of amides is 1. The Balaban J connectivity index is 1.58. The number of ether oxygens (including phenoxy) is 3. The van der Waals surface area contributed by atoms with Crippen molar-refractivity contribution in [2.75, 3.05) is 19.5 Å². The maximum Gasteiger partial charge on any atom is 0.296 e. The fourth-order valence-corrected chi connectivity index (χ4v) is 4.71. The standard InChI is InChI=1S/C29H22IN3O6/c1-37-22-10-11-25(26(15-22)33(35)36)32-29(34)21(16-31)12-18-13-24(30)28(27(14-18)38-2)39-17-20-8-5-7-19-6-3-4-9-23(19)20/h3-15H,17H2,1-2H3,(H,32,34)/b21-12+. The Bertz CT molecular complexity index is 1640. The first-order valence-electron chi connectivity index (χ1n) is 11.6. The van der Waals surface area contributed by atoms with E-state index in [1.807, 2.05) is 48.5 Å². The zero-order valence-corrected chi connectivity index (χ0v) is 23.1. The van der Waals surface area contributed by atoms with Gasteiger partial charge < -0.3 is 19.5 Å². The van der Waals surface area contributed by atoms with Gasteiger partial charge in [0.1, 0.15) is 29.7 Å². The van der Waals surface area contributed by atoms with E-state index in [1.165, 1.54) is 38.5 Å². The lowest BCUT2D eigenvalue weighted by atomic mass is 10.1. The summed E-state index contributed by atoms with van der Waals surface area (Å²) in [5.74, 6) is 0.424. The quantitative estimate of drug-likeness (QED) is 0.0733. The number of nitrogens with zero attached hydrogens (tertiary/aromatic N) is 2. The maximum absolute atomic E-state index is 12.8. The zero-order valence-electron chi connectivity index (χ0n) is 20.9. The third kappa shape index (κ3) is 6.27. The summed E-state index contributed by atoms with van der Waals surface area (Å²) < 4.78 is 17.4. The molecule has 0 unspecified atom stereocenters. The van der Waals surface area contributed by atoms with Crippen LogP contribution in [0.3, 0.4) is 0 Å². The van der Waals surface area contributed by atoms with Crippen LogP contribution in [0.15, 0.2) is 78.4 Å². The third-order valence-electron chi connectivity index (χ3n) is 5.83. The molecule has 1 N–H and O–H groups in total. The molecule has 0 spiro atoms. The van der Waals surface area contributed by atoms with Crippen LogP contribution >= 0.6 is 22.6 Å². The minimum absolute atomic E-state index is 0.0590. The van der Waals surface area contributed by atoms with Gasteiger partial charge in [-0.2, -0.15) is 5.26 Å². The lowest BCUT2D eigenvalue weighted by Gasteiger charge is -2.15. The van der Waals surface area contributed by atoms with E-state index in [1.54, 1.807) is 12.1 Å². The molecule has 0 bridgehead atoms. The average molecular weight is 635 g/mol. The second-order valence-corrected chi connectivity index (χ2v) is 9.39. The highest BCUT2D eigenvalue weighted by Gasteiger charge is 2.20. The molecule has 0 aliphatic carbocycles. The summed E-state index contributed by atoms with van der Waals surface area (Å²) >= 11 is 2.10. The monoisotopic (exact) mass is 635 g/mol. The van der Waals surface area contributed by atoms with Gasteiger partial charge in [0, 0.05) is 0 Å². The van der Waals surface area contributed by atoms with E-state index in [2.05, 4.69) is 27.9 Å². The summed E-state index contributed by atoms with van der Waals surface area (Å²) in [6.07, 6.45) is 1.38. The van der Waals surface area contributed by atoms with E-state index in [9.17, 15) is 20.2 Å². The predicted octanol–water partition coefficient (Wildman–Crippen LogP) is 6.49. The Morgan fingerprint density at radius 2 is 1.85 bits per heavy atom. The molecule has 10 heteroatoms. The fraction of sp³-hybridized carbons (Fsp3) is 0.103. The molecule has 0 heterocycles. The SMILES string of the molecule is COc1ccc(NC(=O)/C(C#N)=C/c2cc(I)c(OCc3cccc4ccccc34)c(OC)c2)c([N+](=O)[O-])c1. The molecule has 39 heavy (non-hydrogen) atoms. The van der Waals surface area contributed by atoms with Gasteiger partial charge in [0.25, 0.3) is 11.6 Å². The minimum Gasteiger partial charge on any atom is -0.496 e. The summed E-state index contributed by atoms with van der Waals surface area (Å²) in [6, 6.07) is 23.3. The highest BCUT2D eigenvalue weighted by Crippen LogP contribution is 2.36. The first kappa shape index (κ1) is 27.4. The first-order valence-corrected chi connectivity index (χ1v) is 12.6. The number of fused-ring (bicyclic) bond motifs is 1. The van der Waals surface area contributed by atoms with E-state index in [0.717, 1.165) is 16.3 Å². The Labute approximate surface area is 237 Å². The van der Waals surface area contributed by atoms with Crippen molar-refractivity contribution in [1.82, 2.24) is 0 Å². The van der Waals surface area contributed by atoms with Gasteiger partial charge in [-0.05, 0) is 74.8 Å². The van der Waals surface area contributed by atoms with Gasteiger partial charge in [-0.25, -0.2) is 0 Å². The van der Waals surface area contributed by atoms with Crippen molar-refractivity contribution in [1.29, 1.82) is 5.26 Å². The number of hydrogen-bond donors (Lipinski definition) is 1. The molecule has 0 aliphatic heterocycles. The Morgan fingerprint density at radius 3 is 2.56 bits per heavy atom. The van der Waals surface area contributed by atoms with Gasteiger partial charge in [-0.3, -0.25) is 14.9 Å². The normalized spacial score (nSPS) is 11.0. The van der Waals surface area contributed by atoms with Crippen molar-refractivity contribution in [2.45, 2.75) is 6.61 Å². The molecule has 0 aromatic heterocycles. The number of carbonyl (C=O) groups excluding carboxylic acids is 1. The van der Waals surface area contributed by atoms with Gasteiger partial charge in [-0.1, -0.05) is 42.5 Å². The van der Waals surface area contributed by atoms with Crippen molar-refractivity contribution in [3.63, 3.8) is 0 Å². The number of nitro groups is 1. The molecule has 4 aromatic rings. The minimum atomic E-state index is -0.795. The van der Waals surface area contributed by atoms with Gasteiger partial charge in [0.15, 0.2) is 11.5 Å². The summed E-state index contributed by atoms with van der Waals surface area (Å²) in [6.45, 7) is 0.315. The second kappa shape index (κ2) is 12.3. The van der Waals surface area contributed by atoms with Crippen molar-refractivity contribution < 1.29 is 23.9 Å². The largest absolute Gasteiger partial charge is 0.496 e. The lowest BCUT2D eigenvalue weighted by molar-refractivity contribution is -0.384. The molecule has 0 radical (unpaired) electrons. The van der Waals surface area contributed by atoms with Crippen LogP contribution in [0.4, 0.5) is 11.4 Å². The topological polar surface area (TPSA) is 124 Å². The van der Waals surface area contributed by atoms with Crippen LogP contribution in [0, 0.1) is 25.0 Å². The number of hydrogen-bond acceptors (Lipinski definition) is 7. The van der Waals surface area contributed by atoms with Crippen molar-refractivity contribution in [2.24, 2.45) is 0 Å². The smallest absolute Gasteiger partial charge is 0.296 e. The lowest BCUT2D eigenvalue weighted by Crippen LogP contribution is -2.14. The number of nitro benzene ring substituents is 1. The summed E-state index contributed by atoms with van der Waals surface area (Å²) in [5, 5.41) is 25.7. The summed E-state index contributed by atoms with van der Waals surface area (Å²) in [5.41, 5.74) is 0.873. The van der Waals surface area contributed by atoms with Crippen LogP contribution in [0.5, 0.6) is 17.2 Å². The van der Waals surface area contributed by atoms with Gasteiger partial charge >= 0.3 is 0 Å². The molecule has 4 rings (SSSR count). The Kier molecular flexibility index (Phi) is 8.63. The van der Waals surface area contributed by atoms with Gasteiger partial charge in [-0.15, -0.1) is 0 Å². The van der Waals surface area contributed by atoms with Crippen LogP contribution in [-0.4, -0.2) is 25.1 Å². The van der Waals surface area contributed by atoms with E-state index in [-0.39, 0.29) is 22.7 Å². The van der Waals surface area contributed by atoms with Crippen LogP contribution in [0.2, 0.25) is 0 Å². The number of benzene rings is 4. The van der Waals surface area contributed by atoms with E-state index in [4.69, 9.17) is 14.2 Å². The molecule has 196 valence electrons. The molecule has 0 atom stereocenters. The molecule has 0 aliphatic rings. The molecule has 9 nitrogen and oxygen atoms in total. The molecule has 0 fully saturated rings. The Hall–Kier alpha value is -4.63. The molecule has 4 aromatic carbocycles. The number of nitrogens with one attached hydrogen (secondary N) is 1. The van der Waals surface area contributed by atoms with Crippen LogP contribution < -0.4 is 19.5 Å². The zero-order chi connectivity index (χ0) is 27.9. The summed E-state index contributed by atoms with van der Waals surface area (Å²) in [4.78, 5) is 23.6. The molecule has 1 amide bonds. The number of methoxy groups -OCH3 is 2. The predicted molar refractivity (Wildman–Crippen MR) is 156 cm³/mol. The number of nitriles is 1. The molecule has 0 saturated heterocycles. The van der Waals surface area contributed by atoms with Gasteiger partial charge in [0.2, 0.25) is 0 Å². The van der Waals surface area contributed by atoms with Crippen LogP contribution in [-0.2, 0) is 11.4 Å². The number of anilines is 1. The third-order valence-corrected chi connectivity index (χ3v) is 6.63. The van der Waals surface area contributed by atoms with E-state index in [0.29, 0.717) is 27.2 Å². The average Bonchev–Trinajstić information content (AvgIpc) is 2.95. The maximum atomic E-state index is 12.8. The van der Waals surface area contributed by atoms with E-state index >= 15 is 0 Å². The summed E-state index contributed by atoms with van der Waals surface area (Å²) in [7, 11) is 2.88. The number of rotatable bonds is 9. The van der Waals surface area contributed by atoms with Gasteiger partial charge in [0.05, 0.1) is 28.8 Å². The van der Waals surface area contributed by atoms with Crippen LogP contribution in [0.25, 0.3) is 16.8 Å².